The van der Waals surface area contributed by atoms with E-state index in [0.29, 0.717) is 17.0 Å². The Morgan fingerprint density at radius 1 is 1.18 bits per heavy atom. The molecule has 7 heteroatoms. The molecule has 0 spiro atoms. The minimum Gasteiger partial charge on any atom is -0.456 e. The Kier molecular flexibility index (Phi) is 5.92. The molecule has 3 aromatic rings. The van der Waals surface area contributed by atoms with Crippen molar-refractivity contribution in [2.24, 2.45) is 5.92 Å². The Morgan fingerprint density at radius 3 is 2.68 bits per heavy atom. The monoisotopic (exact) mass is 382 g/mol. The molecule has 2 aromatic heterocycles. The number of nitrogens with zero attached hydrogens (tertiary/aromatic N) is 4. The molecule has 0 aliphatic rings. The number of hydrogen-bond donors (Lipinski definition) is 0. The highest BCUT2D eigenvalue weighted by Gasteiger charge is 2.18. The molecule has 0 N–H and O–H groups in total. The number of Topliss-reactive ketones (excluding diaryl/α,β-unsaturated/α-hetero) is 1. The molecule has 0 fully saturated rings. The Balaban J connectivity index is 1.61. The minimum absolute atomic E-state index is 0.0821. The number of hydrogen-bond acceptors (Lipinski definition) is 5. The maximum atomic E-state index is 12.6. The van der Waals surface area contributed by atoms with Crippen molar-refractivity contribution >= 4 is 22.8 Å². The second-order valence-corrected chi connectivity index (χ2v) is 7.44. The lowest BCUT2D eigenvalue weighted by Crippen LogP contribution is -2.19. The highest BCUT2D eigenvalue weighted by molar-refractivity contribution is 5.99. The highest BCUT2D eigenvalue weighted by Crippen LogP contribution is 2.18. The average Bonchev–Trinajstić information content (AvgIpc) is 3.19. The Morgan fingerprint density at radius 2 is 1.93 bits per heavy atom. The molecule has 0 amide bonds. The van der Waals surface area contributed by atoms with Gasteiger partial charge < -0.3 is 9.30 Å². The first-order valence-corrected chi connectivity index (χ1v) is 9.50. The molecule has 7 nitrogen and oxygen atoms in total. The van der Waals surface area contributed by atoms with Crippen molar-refractivity contribution in [3.63, 3.8) is 0 Å². The fourth-order valence-electron chi connectivity index (χ4n) is 3.24. The second-order valence-electron chi connectivity index (χ2n) is 7.44. The summed E-state index contributed by atoms with van der Waals surface area (Å²) in [4.78, 5) is 24.7. The quantitative estimate of drug-likeness (QED) is 0.441. The third-order valence-corrected chi connectivity index (χ3v) is 4.87. The van der Waals surface area contributed by atoms with Crippen molar-refractivity contribution in [2.75, 3.05) is 6.61 Å². The number of benzene rings is 1. The molecule has 1 aromatic carbocycles. The van der Waals surface area contributed by atoms with Gasteiger partial charge in [-0.3, -0.25) is 9.59 Å². The number of fused-ring (bicyclic) bond motifs is 1. The molecule has 0 saturated heterocycles. The fourth-order valence-corrected chi connectivity index (χ4v) is 3.24. The van der Waals surface area contributed by atoms with Crippen LogP contribution >= 0.6 is 0 Å². The van der Waals surface area contributed by atoms with Crippen LogP contribution in [0.3, 0.4) is 0 Å². The van der Waals surface area contributed by atoms with Crippen molar-refractivity contribution < 1.29 is 14.3 Å². The number of aromatic nitrogens is 4. The fraction of sp³-hybridized carbons (Fsp3) is 0.429. The predicted octanol–water partition coefficient (Wildman–Crippen LogP) is 3.32. The molecule has 0 saturated carbocycles. The molecule has 0 unspecified atom stereocenters. The van der Waals surface area contributed by atoms with Gasteiger partial charge in [0, 0.05) is 23.5 Å². The first-order valence-electron chi connectivity index (χ1n) is 9.50. The van der Waals surface area contributed by atoms with Gasteiger partial charge in [-0.25, -0.2) is 4.68 Å². The Bertz CT molecular complexity index is 1000. The summed E-state index contributed by atoms with van der Waals surface area (Å²) >= 11 is 0. The zero-order valence-electron chi connectivity index (χ0n) is 16.8. The van der Waals surface area contributed by atoms with Crippen LogP contribution in [0.1, 0.15) is 42.0 Å². The average molecular weight is 382 g/mol. The number of carbonyl (C=O) groups is 2. The van der Waals surface area contributed by atoms with Crippen molar-refractivity contribution in [3.8, 4) is 0 Å². The molecule has 0 bridgehead atoms. The summed E-state index contributed by atoms with van der Waals surface area (Å²) in [6.45, 7) is 8.80. The van der Waals surface area contributed by atoms with Crippen LogP contribution in [0, 0.1) is 19.8 Å². The van der Waals surface area contributed by atoms with E-state index in [0.717, 1.165) is 29.9 Å². The minimum atomic E-state index is -0.516. The van der Waals surface area contributed by atoms with Crippen LogP contribution in [0.5, 0.6) is 0 Å². The summed E-state index contributed by atoms with van der Waals surface area (Å²) in [7, 11) is 0. The molecule has 3 rings (SSSR count). The van der Waals surface area contributed by atoms with Gasteiger partial charge in [0.05, 0.1) is 5.52 Å². The maximum absolute atomic E-state index is 12.6. The van der Waals surface area contributed by atoms with E-state index in [-0.39, 0.29) is 18.9 Å². The van der Waals surface area contributed by atoms with Gasteiger partial charge in [0.1, 0.15) is 12.1 Å². The number of carbonyl (C=O) groups excluding carboxylic acids is 2. The van der Waals surface area contributed by atoms with Crippen LogP contribution in [-0.4, -0.2) is 37.9 Å². The third kappa shape index (κ3) is 4.30. The van der Waals surface area contributed by atoms with Crippen LogP contribution in [0.4, 0.5) is 0 Å². The van der Waals surface area contributed by atoms with Crippen molar-refractivity contribution in [2.45, 2.75) is 47.2 Å². The number of rotatable bonds is 8. The molecule has 0 radical (unpaired) electrons. The van der Waals surface area contributed by atoms with E-state index < -0.39 is 5.97 Å². The number of ether oxygens (including phenoxy) is 1. The third-order valence-electron chi connectivity index (χ3n) is 4.87. The van der Waals surface area contributed by atoms with Crippen LogP contribution in [0.25, 0.3) is 11.0 Å². The molecular weight excluding hydrogens is 356 g/mol. The van der Waals surface area contributed by atoms with Gasteiger partial charge in [0.25, 0.3) is 0 Å². The van der Waals surface area contributed by atoms with Crippen molar-refractivity contribution in [1.29, 1.82) is 0 Å². The van der Waals surface area contributed by atoms with Crippen molar-refractivity contribution in [3.05, 3.63) is 47.3 Å². The van der Waals surface area contributed by atoms with E-state index in [2.05, 4.69) is 28.7 Å². The van der Waals surface area contributed by atoms with Gasteiger partial charge in [-0.1, -0.05) is 31.2 Å². The van der Waals surface area contributed by atoms with Gasteiger partial charge >= 0.3 is 5.97 Å². The van der Waals surface area contributed by atoms with Crippen LogP contribution in [-0.2, 0) is 22.6 Å². The van der Waals surface area contributed by atoms with Gasteiger partial charge in [-0.05, 0) is 44.4 Å². The lowest BCUT2D eigenvalue weighted by atomic mass is 10.1. The van der Waals surface area contributed by atoms with E-state index in [4.69, 9.17) is 4.74 Å². The number of aryl methyl sites for hydroxylation is 1. The number of esters is 1. The molecular formula is C21H26N4O3. The maximum Gasteiger partial charge on any atom is 0.328 e. The van der Waals surface area contributed by atoms with E-state index in [1.165, 1.54) is 4.68 Å². The van der Waals surface area contributed by atoms with Crippen LogP contribution in [0.15, 0.2) is 30.3 Å². The number of para-hydroxylation sites is 1. The molecule has 28 heavy (non-hydrogen) atoms. The van der Waals surface area contributed by atoms with Gasteiger partial charge in [0.15, 0.2) is 6.61 Å². The van der Waals surface area contributed by atoms with E-state index in [1.807, 2.05) is 44.2 Å². The second kappa shape index (κ2) is 8.37. The SMILES string of the molecule is Cc1cc(C(=O)COC(=O)Cn2nnc3ccccc32)c(C)n1CCC(C)C. The topological polar surface area (TPSA) is 79.0 Å². The van der Waals surface area contributed by atoms with Crippen LogP contribution in [0.2, 0.25) is 0 Å². The predicted molar refractivity (Wildman–Crippen MR) is 106 cm³/mol. The highest BCUT2D eigenvalue weighted by atomic mass is 16.5. The normalized spacial score (nSPS) is 11.3. The van der Waals surface area contributed by atoms with E-state index in [9.17, 15) is 9.59 Å². The van der Waals surface area contributed by atoms with Crippen LogP contribution < -0.4 is 0 Å². The number of ketones is 1. The van der Waals surface area contributed by atoms with Gasteiger partial charge in [-0.2, -0.15) is 0 Å². The van der Waals surface area contributed by atoms with Crippen molar-refractivity contribution in [1.82, 2.24) is 19.6 Å². The summed E-state index contributed by atoms with van der Waals surface area (Å²) in [5.74, 6) is -0.118. The molecule has 2 heterocycles. The standard InChI is InChI=1S/C21H26N4O3/c1-14(2)9-10-24-15(3)11-17(16(24)4)20(26)13-28-21(27)12-25-19-8-6-5-7-18(19)22-23-25/h5-8,11,14H,9-10,12-13H2,1-4H3. The largest absolute Gasteiger partial charge is 0.456 e. The Labute approximate surface area is 164 Å². The lowest BCUT2D eigenvalue weighted by Gasteiger charge is -2.11. The zero-order valence-corrected chi connectivity index (χ0v) is 16.8. The lowest BCUT2D eigenvalue weighted by molar-refractivity contribution is -0.143. The van der Waals surface area contributed by atoms with Gasteiger partial charge in [0.2, 0.25) is 5.78 Å². The smallest absolute Gasteiger partial charge is 0.328 e. The zero-order chi connectivity index (χ0) is 20.3. The summed E-state index contributed by atoms with van der Waals surface area (Å²) < 4.78 is 8.82. The van der Waals surface area contributed by atoms with E-state index >= 15 is 0 Å². The first-order chi connectivity index (χ1) is 13.4. The summed E-state index contributed by atoms with van der Waals surface area (Å²) in [5.41, 5.74) is 4.03. The molecule has 0 aliphatic heterocycles. The molecule has 0 atom stereocenters. The first kappa shape index (κ1) is 19.8. The summed E-state index contributed by atoms with van der Waals surface area (Å²) in [5, 5.41) is 7.97. The Hall–Kier alpha value is -2.96. The van der Waals surface area contributed by atoms with Gasteiger partial charge in [-0.15, -0.1) is 5.10 Å². The molecule has 0 aliphatic carbocycles. The molecule has 148 valence electrons. The summed E-state index contributed by atoms with van der Waals surface area (Å²) in [6.07, 6.45) is 1.05. The van der Waals surface area contributed by atoms with E-state index in [1.54, 1.807) is 0 Å². The summed E-state index contributed by atoms with van der Waals surface area (Å²) in [6, 6.07) is 9.24.